The number of hydrogen-bond donors (Lipinski definition) is 2. The molecule has 7 nitrogen and oxygen atoms in total. The van der Waals surface area contributed by atoms with Crippen LogP contribution in [0.25, 0.3) is 0 Å². The van der Waals surface area contributed by atoms with Crippen molar-refractivity contribution >= 4 is 30.1 Å². The van der Waals surface area contributed by atoms with Crippen LogP contribution in [0.2, 0.25) is 0 Å². The summed E-state index contributed by atoms with van der Waals surface area (Å²) in [7, 11) is 0. The lowest BCUT2D eigenvalue weighted by Gasteiger charge is -2.57. The summed E-state index contributed by atoms with van der Waals surface area (Å²) in [6.07, 6.45) is 0.313. The first kappa shape index (κ1) is 20.9. The molecule has 0 aromatic carbocycles. The molecule has 1 heterocycles. The molecule has 0 aromatic heterocycles. The smallest absolute Gasteiger partial charge is 0.252 e. The summed E-state index contributed by atoms with van der Waals surface area (Å²) in [6.45, 7) is 9.77. The number of nitrogens with zero attached hydrogens (tertiary/aromatic N) is 1. The van der Waals surface area contributed by atoms with Crippen molar-refractivity contribution in [2.45, 2.75) is 71.2 Å². The van der Waals surface area contributed by atoms with Crippen molar-refractivity contribution in [2.75, 3.05) is 6.61 Å². The average Bonchev–Trinajstić information content (AvgIpc) is 2.72. The number of carbonyl (C=O) groups is 3. The topological polar surface area (TPSA) is 102 Å². The molecule has 0 radical (unpaired) electrons. The molecule has 0 bridgehead atoms. The zero-order chi connectivity index (χ0) is 17.6. The molecule has 138 valence electrons. The summed E-state index contributed by atoms with van der Waals surface area (Å²) in [5.74, 6) is -1.02. The van der Waals surface area contributed by atoms with Crippen molar-refractivity contribution in [3.8, 4) is 0 Å². The standard InChI is InChI=1S/C16H27N3O4.ClH/c1-6-23-11-8-16(17,15(11,4)5)14(22)18-10-7-12(20)19(9(2)3)13(10)21;/h9-11H,6-8,17H2,1-5H3,(H,18,22);1H. The fourth-order valence-electron chi connectivity index (χ4n) is 3.41. The van der Waals surface area contributed by atoms with Gasteiger partial charge in [-0.15, -0.1) is 12.4 Å². The molecule has 0 aromatic rings. The monoisotopic (exact) mass is 361 g/mol. The second-order valence-corrected chi connectivity index (χ2v) is 7.27. The van der Waals surface area contributed by atoms with Gasteiger partial charge >= 0.3 is 0 Å². The van der Waals surface area contributed by atoms with E-state index in [1.54, 1.807) is 13.8 Å². The molecule has 3 N–H and O–H groups in total. The van der Waals surface area contributed by atoms with Gasteiger partial charge in [0.05, 0.1) is 12.5 Å². The summed E-state index contributed by atoms with van der Waals surface area (Å²) in [6, 6.07) is -1.04. The first-order valence-electron chi connectivity index (χ1n) is 8.13. The number of imide groups is 1. The van der Waals surface area contributed by atoms with E-state index in [4.69, 9.17) is 10.5 Å². The normalized spacial score (nSPS) is 31.7. The third-order valence-electron chi connectivity index (χ3n) is 5.24. The van der Waals surface area contributed by atoms with Gasteiger partial charge in [-0.25, -0.2) is 0 Å². The average molecular weight is 362 g/mol. The predicted octanol–water partition coefficient (Wildman–Crippen LogP) is 0.593. The molecule has 8 heteroatoms. The van der Waals surface area contributed by atoms with Gasteiger partial charge in [0.25, 0.3) is 5.91 Å². The number of nitrogens with one attached hydrogen (secondary N) is 1. The number of ether oxygens (including phenoxy) is 1. The van der Waals surface area contributed by atoms with Crippen LogP contribution in [0.3, 0.4) is 0 Å². The van der Waals surface area contributed by atoms with E-state index in [1.165, 1.54) is 4.90 Å². The molecule has 1 saturated carbocycles. The molecule has 2 fully saturated rings. The van der Waals surface area contributed by atoms with Gasteiger partial charge in [0, 0.05) is 24.5 Å². The zero-order valence-corrected chi connectivity index (χ0v) is 15.7. The molecule has 1 saturated heterocycles. The number of rotatable bonds is 5. The van der Waals surface area contributed by atoms with E-state index in [1.807, 2.05) is 20.8 Å². The molecule has 3 amide bonds. The summed E-state index contributed by atoms with van der Waals surface area (Å²) in [5.41, 5.74) is 4.67. The summed E-state index contributed by atoms with van der Waals surface area (Å²) >= 11 is 0. The molecule has 0 spiro atoms. The first-order chi connectivity index (χ1) is 10.6. The second-order valence-electron chi connectivity index (χ2n) is 7.27. The van der Waals surface area contributed by atoms with E-state index in [0.717, 1.165) is 0 Å². The lowest BCUT2D eigenvalue weighted by molar-refractivity contribution is -0.171. The van der Waals surface area contributed by atoms with Crippen LogP contribution in [-0.4, -0.2) is 53.0 Å². The zero-order valence-electron chi connectivity index (χ0n) is 14.9. The molecule has 3 atom stereocenters. The Hall–Kier alpha value is -1.18. The lowest BCUT2D eigenvalue weighted by Crippen LogP contribution is -2.76. The maximum Gasteiger partial charge on any atom is 0.252 e. The predicted molar refractivity (Wildman–Crippen MR) is 91.5 cm³/mol. The van der Waals surface area contributed by atoms with Crippen LogP contribution in [0.1, 0.15) is 47.5 Å². The van der Waals surface area contributed by atoms with E-state index in [2.05, 4.69) is 5.32 Å². The highest BCUT2D eigenvalue weighted by molar-refractivity contribution is 6.07. The Morgan fingerprint density at radius 1 is 1.42 bits per heavy atom. The second kappa shape index (κ2) is 6.98. The largest absolute Gasteiger partial charge is 0.378 e. The van der Waals surface area contributed by atoms with Gasteiger partial charge in [-0.3, -0.25) is 19.3 Å². The Labute approximate surface area is 149 Å². The summed E-state index contributed by atoms with van der Waals surface area (Å²) < 4.78 is 5.61. The fraction of sp³-hybridized carbons (Fsp3) is 0.812. The molecular formula is C16H28ClN3O4. The summed E-state index contributed by atoms with van der Waals surface area (Å²) in [5, 5.41) is 2.67. The molecule has 3 unspecified atom stereocenters. The van der Waals surface area contributed by atoms with Gasteiger partial charge in [-0.1, -0.05) is 13.8 Å². The third-order valence-corrected chi connectivity index (χ3v) is 5.24. The van der Waals surface area contributed by atoms with Gasteiger partial charge in [0.15, 0.2) is 0 Å². The Kier molecular flexibility index (Phi) is 6.07. The van der Waals surface area contributed by atoms with E-state index >= 15 is 0 Å². The summed E-state index contributed by atoms with van der Waals surface area (Å²) in [4.78, 5) is 38.0. The van der Waals surface area contributed by atoms with Crippen molar-refractivity contribution in [1.82, 2.24) is 10.2 Å². The maximum absolute atomic E-state index is 12.6. The first-order valence-corrected chi connectivity index (χ1v) is 8.13. The van der Waals surface area contributed by atoms with Gasteiger partial charge < -0.3 is 15.8 Å². The molecular weight excluding hydrogens is 334 g/mol. The number of likely N-dealkylation sites (tertiary alicyclic amines) is 1. The molecule has 1 aliphatic heterocycles. The quantitative estimate of drug-likeness (QED) is 0.698. The number of amides is 3. The third kappa shape index (κ3) is 3.05. The minimum Gasteiger partial charge on any atom is -0.378 e. The van der Waals surface area contributed by atoms with E-state index in [-0.39, 0.29) is 42.8 Å². The number of halogens is 1. The van der Waals surface area contributed by atoms with Crippen molar-refractivity contribution in [3.05, 3.63) is 0 Å². The Morgan fingerprint density at radius 2 is 2.00 bits per heavy atom. The van der Waals surface area contributed by atoms with Gasteiger partial charge in [0.2, 0.25) is 11.8 Å². The van der Waals surface area contributed by atoms with Crippen molar-refractivity contribution in [1.29, 1.82) is 0 Å². The van der Waals surface area contributed by atoms with Crippen molar-refractivity contribution in [3.63, 3.8) is 0 Å². The van der Waals surface area contributed by atoms with E-state index < -0.39 is 22.9 Å². The highest BCUT2D eigenvalue weighted by atomic mass is 35.5. The number of hydrogen-bond acceptors (Lipinski definition) is 5. The van der Waals surface area contributed by atoms with Crippen LogP contribution in [0.15, 0.2) is 0 Å². The molecule has 24 heavy (non-hydrogen) atoms. The van der Waals surface area contributed by atoms with Gasteiger partial charge in [-0.2, -0.15) is 0 Å². The molecule has 1 aliphatic carbocycles. The minimum absolute atomic E-state index is 0. The number of nitrogens with two attached hydrogens (primary N) is 1. The minimum atomic E-state index is -1.10. The van der Waals surface area contributed by atoms with E-state index in [0.29, 0.717) is 13.0 Å². The van der Waals surface area contributed by atoms with Gasteiger partial charge in [-0.05, 0) is 20.8 Å². The van der Waals surface area contributed by atoms with Crippen molar-refractivity contribution < 1.29 is 19.1 Å². The van der Waals surface area contributed by atoms with E-state index in [9.17, 15) is 14.4 Å². The highest BCUT2D eigenvalue weighted by Crippen LogP contribution is 2.49. The van der Waals surface area contributed by atoms with Crippen LogP contribution < -0.4 is 11.1 Å². The van der Waals surface area contributed by atoms with Crippen LogP contribution in [0.5, 0.6) is 0 Å². The highest BCUT2D eigenvalue weighted by Gasteiger charge is 2.63. The Morgan fingerprint density at radius 3 is 2.42 bits per heavy atom. The number of carbonyl (C=O) groups excluding carboxylic acids is 3. The van der Waals surface area contributed by atoms with Gasteiger partial charge in [0.1, 0.15) is 11.6 Å². The van der Waals surface area contributed by atoms with Crippen LogP contribution in [0, 0.1) is 5.41 Å². The molecule has 2 rings (SSSR count). The SMILES string of the molecule is CCOC1CC(N)(C(=O)NC2CC(=O)N(C(C)C)C2=O)C1(C)C.Cl. The fourth-order valence-corrected chi connectivity index (χ4v) is 3.41. The Balaban J connectivity index is 0.00000288. The lowest BCUT2D eigenvalue weighted by atomic mass is 9.54. The Bertz CT molecular complexity index is 537. The van der Waals surface area contributed by atoms with Crippen LogP contribution in [-0.2, 0) is 19.1 Å². The van der Waals surface area contributed by atoms with Crippen LogP contribution in [0.4, 0.5) is 0 Å². The molecule has 2 aliphatic rings. The van der Waals surface area contributed by atoms with Crippen LogP contribution >= 0.6 is 12.4 Å². The maximum atomic E-state index is 12.6. The van der Waals surface area contributed by atoms with Crippen molar-refractivity contribution in [2.24, 2.45) is 11.1 Å².